The van der Waals surface area contributed by atoms with Gasteiger partial charge in [-0.05, 0) is 49.8 Å². The molecule has 2 nitrogen and oxygen atoms in total. The van der Waals surface area contributed by atoms with Crippen molar-refractivity contribution in [2.24, 2.45) is 11.7 Å². The Hall–Kier alpha value is -0.860. The Bertz CT molecular complexity index is 375. The Labute approximate surface area is 112 Å². The first kappa shape index (κ1) is 15.2. The molecule has 0 aliphatic carbocycles. The van der Waals surface area contributed by atoms with E-state index in [0.29, 0.717) is 5.92 Å². The van der Waals surface area contributed by atoms with Gasteiger partial charge in [0.2, 0.25) is 0 Å². The van der Waals surface area contributed by atoms with Crippen molar-refractivity contribution in [1.29, 1.82) is 0 Å². The lowest BCUT2D eigenvalue weighted by Crippen LogP contribution is -2.41. The van der Waals surface area contributed by atoms with Gasteiger partial charge in [0.15, 0.2) is 0 Å². The minimum absolute atomic E-state index is 0.0510. The number of hydrogen-bond acceptors (Lipinski definition) is 2. The molecule has 0 aliphatic rings. The van der Waals surface area contributed by atoms with Crippen LogP contribution >= 0.6 is 0 Å². The van der Waals surface area contributed by atoms with E-state index in [-0.39, 0.29) is 12.1 Å². The van der Waals surface area contributed by atoms with Crippen LogP contribution in [-0.2, 0) is 11.2 Å². The quantitative estimate of drug-likeness (QED) is 0.870. The molecule has 2 atom stereocenters. The first-order valence-corrected chi connectivity index (χ1v) is 6.72. The first-order valence-electron chi connectivity index (χ1n) is 6.72. The number of benzene rings is 1. The topological polar surface area (TPSA) is 35.2 Å². The molecule has 2 unspecified atom stereocenters. The van der Waals surface area contributed by atoms with Crippen LogP contribution in [0.15, 0.2) is 12.1 Å². The van der Waals surface area contributed by atoms with Crippen molar-refractivity contribution in [3.8, 4) is 0 Å². The van der Waals surface area contributed by atoms with Gasteiger partial charge in [0, 0.05) is 13.2 Å². The van der Waals surface area contributed by atoms with Crippen LogP contribution in [0.25, 0.3) is 0 Å². The van der Waals surface area contributed by atoms with Crippen LogP contribution in [0.2, 0.25) is 0 Å². The van der Waals surface area contributed by atoms with Crippen LogP contribution in [0.5, 0.6) is 0 Å². The molecule has 2 N–H and O–H groups in total. The molecular formula is C16H27NO. The zero-order valence-electron chi connectivity index (χ0n) is 12.6. The molecule has 0 radical (unpaired) electrons. The van der Waals surface area contributed by atoms with E-state index in [1.54, 1.807) is 7.11 Å². The molecular weight excluding hydrogens is 222 g/mol. The third kappa shape index (κ3) is 3.56. The van der Waals surface area contributed by atoms with Crippen molar-refractivity contribution in [2.75, 3.05) is 7.11 Å². The minimum atomic E-state index is 0.0510. The second kappa shape index (κ2) is 6.35. The molecule has 1 aromatic carbocycles. The number of methoxy groups -OCH3 is 1. The number of ether oxygens (including phenoxy) is 1. The maximum Gasteiger partial charge on any atom is 0.0748 e. The average Bonchev–Trinajstić information content (AvgIpc) is 2.23. The van der Waals surface area contributed by atoms with E-state index in [2.05, 4.69) is 46.8 Å². The summed E-state index contributed by atoms with van der Waals surface area (Å²) in [6.07, 6.45) is 0.999. The summed E-state index contributed by atoms with van der Waals surface area (Å²) in [6, 6.07) is 4.51. The van der Waals surface area contributed by atoms with Gasteiger partial charge in [0.25, 0.3) is 0 Å². The molecule has 1 rings (SSSR count). The predicted octanol–water partition coefficient (Wildman–Crippen LogP) is 3.15. The predicted molar refractivity (Wildman–Crippen MR) is 78.0 cm³/mol. The molecule has 0 saturated carbocycles. The summed E-state index contributed by atoms with van der Waals surface area (Å²) in [5.74, 6) is 0.441. The highest BCUT2D eigenvalue weighted by Crippen LogP contribution is 2.20. The highest BCUT2D eigenvalue weighted by molar-refractivity contribution is 5.38. The van der Waals surface area contributed by atoms with E-state index in [1.807, 2.05) is 0 Å². The van der Waals surface area contributed by atoms with Gasteiger partial charge >= 0.3 is 0 Å². The standard InChI is InChI=1S/C16H27NO/c1-10(2)16(18-6)15(17)9-14-12(4)7-11(3)8-13(14)5/h7-8,10,15-16H,9,17H2,1-6H3. The zero-order chi connectivity index (χ0) is 13.9. The second-order valence-electron chi connectivity index (χ2n) is 5.69. The summed E-state index contributed by atoms with van der Waals surface area (Å²) in [5.41, 5.74) is 11.7. The van der Waals surface area contributed by atoms with Crippen LogP contribution in [0.3, 0.4) is 0 Å². The highest BCUT2D eigenvalue weighted by Gasteiger charge is 2.22. The van der Waals surface area contributed by atoms with Crippen molar-refractivity contribution < 1.29 is 4.74 Å². The maximum atomic E-state index is 6.31. The van der Waals surface area contributed by atoms with Gasteiger partial charge in [-0.2, -0.15) is 0 Å². The van der Waals surface area contributed by atoms with Gasteiger partial charge in [0.05, 0.1) is 6.10 Å². The third-order valence-corrected chi connectivity index (χ3v) is 3.63. The smallest absolute Gasteiger partial charge is 0.0748 e. The lowest BCUT2D eigenvalue weighted by atomic mass is 9.90. The van der Waals surface area contributed by atoms with E-state index in [9.17, 15) is 0 Å². The van der Waals surface area contributed by atoms with E-state index in [1.165, 1.54) is 22.3 Å². The van der Waals surface area contributed by atoms with Crippen molar-refractivity contribution >= 4 is 0 Å². The minimum Gasteiger partial charge on any atom is -0.380 e. The summed E-state index contributed by atoms with van der Waals surface area (Å²) in [7, 11) is 1.75. The van der Waals surface area contributed by atoms with Gasteiger partial charge < -0.3 is 10.5 Å². The summed E-state index contributed by atoms with van der Waals surface area (Å²) in [5, 5.41) is 0. The van der Waals surface area contributed by atoms with Gasteiger partial charge in [-0.1, -0.05) is 31.5 Å². The fourth-order valence-corrected chi connectivity index (χ4v) is 2.83. The van der Waals surface area contributed by atoms with Gasteiger partial charge in [-0.25, -0.2) is 0 Å². The van der Waals surface area contributed by atoms with Crippen LogP contribution in [0, 0.1) is 26.7 Å². The van der Waals surface area contributed by atoms with Crippen molar-refractivity contribution in [2.45, 2.75) is 53.2 Å². The van der Waals surface area contributed by atoms with Crippen LogP contribution < -0.4 is 5.73 Å². The fourth-order valence-electron chi connectivity index (χ4n) is 2.83. The molecule has 0 amide bonds. The fraction of sp³-hybridized carbons (Fsp3) is 0.625. The van der Waals surface area contributed by atoms with Crippen LogP contribution in [0.1, 0.15) is 36.1 Å². The summed E-state index contributed by atoms with van der Waals surface area (Å²) in [4.78, 5) is 0. The molecule has 0 spiro atoms. The largest absolute Gasteiger partial charge is 0.380 e. The van der Waals surface area contributed by atoms with Gasteiger partial charge in [-0.3, -0.25) is 0 Å². The van der Waals surface area contributed by atoms with Crippen molar-refractivity contribution in [3.63, 3.8) is 0 Å². The van der Waals surface area contributed by atoms with E-state index in [0.717, 1.165) is 6.42 Å². The van der Waals surface area contributed by atoms with Crippen molar-refractivity contribution in [3.05, 3.63) is 34.4 Å². The summed E-state index contributed by atoms with van der Waals surface area (Å²) in [6.45, 7) is 10.8. The van der Waals surface area contributed by atoms with Crippen LogP contribution in [-0.4, -0.2) is 19.3 Å². The Morgan fingerprint density at radius 1 is 1.11 bits per heavy atom. The van der Waals surface area contributed by atoms with Gasteiger partial charge in [-0.15, -0.1) is 0 Å². The molecule has 0 bridgehead atoms. The molecule has 1 aromatic rings. The lowest BCUT2D eigenvalue weighted by molar-refractivity contribution is 0.0441. The molecule has 0 heterocycles. The number of nitrogens with two attached hydrogens (primary N) is 1. The zero-order valence-corrected chi connectivity index (χ0v) is 12.6. The summed E-state index contributed by atoms with van der Waals surface area (Å²) < 4.78 is 5.52. The average molecular weight is 249 g/mol. The summed E-state index contributed by atoms with van der Waals surface area (Å²) >= 11 is 0. The van der Waals surface area contributed by atoms with E-state index >= 15 is 0 Å². The second-order valence-corrected chi connectivity index (χ2v) is 5.69. The highest BCUT2D eigenvalue weighted by atomic mass is 16.5. The van der Waals surface area contributed by atoms with Crippen LogP contribution in [0.4, 0.5) is 0 Å². The molecule has 0 saturated heterocycles. The Morgan fingerprint density at radius 3 is 2.00 bits per heavy atom. The van der Waals surface area contributed by atoms with Gasteiger partial charge in [0.1, 0.15) is 0 Å². The lowest BCUT2D eigenvalue weighted by Gasteiger charge is -2.27. The molecule has 18 heavy (non-hydrogen) atoms. The SMILES string of the molecule is COC(C(C)C)C(N)Cc1c(C)cc(C)cc1C. The van der Waals surface area contributed by atoms with Crippen molar-refractivity contribution in [1.82, 2.24) is 0 Å². The molecule has 102 valence electrons. The third-order valence-electron chi connectivity index (χ3n) is 3.63. The van der Waals surface area contributed by atoms with E-state index in [4.69, 9.17) is 10.5 Å². The molecule has 0 fully saturated rings. The monoisotopic (exact) mass is 249 g/mol. The van der Waals surface area contributed by atoms with E-state index < -0.39 is 0 Å². The Morgan fingerprint density at radius 2 is 1.61 bits per heavy atom. The first-order chi connectivity index (χ1) is 8.36. The number of rotatable bonds is 5. The molecule has 2 heteroatoms. The number of hydrogen-bond donors (Lipinski definition) is 1. The maximum absolute atomic E-state index is 6.31. The number of aryl methyl sites for hydroxylation is 3. The molecule has 0 aliphatic heterocycles. The Kier molecular flexibility index (Phi) is 5.36. The normalized spacial score (nSPS) is 14.9. The molecule has 0 aromatic heterocycles. The Balaban J connectivity index is 2.91.